The first-order chi connectivity index (χ1) is 19.0. The van der Waals surface area contributed by atoms with Crippen LogP contribution < -0.4 is 10.6 Å². The Labute approximate surface area is 237 Å². The van der Waals surface area contributed by atoms with Crippen molar-refractivity contribution in [2.75, 3.05) is 25.2 Å². The molecule has 228 valence electrons. The molecule has 0 aromatic carbocycles. The SMILES string of the molecule is CC12C=C(OCC(F)(F)F)C=CC1[C@]1(CCO2)CC2=NN(C3CCCCC3)C(C)(NC(=O)CS(C)(=O)=O)C2C(=O)N1. The number of sulfone groups is 1. The third-order valence-electron chi connectivity index (χ3n) is 8.90. The zero-order valence-electron chi connectivity index (χ0n) is 23.4. The molecule has 2 aliphatic carbocycles. The molecule has 0 aromatic heterocycles. The summed E-state index contributed by atoms with van der Waals surface area (Å²) in [5.74, 6) is -2.99. The Bertz CT molecular complexity index is 1290. The zero-order chi connectivity index (χ0) is 29.8. The number of carbonyl (C=O) groups is 2. The summed E-state index contributed by atoms with van der Waals surface area (Å²) in [5.41, 5.74) is -2.55. The van der Waals surface area contributed by atoms with Gasteiger partial charge in [0, 0.05) is 24.6 Å². The van der Waals surface area contributed by atoms with Gasteiger partial charge in [-0.3, -0.25) is 14.6 Å². The number of rotatable bonds is 6. The monoisotopic (exact) mass is 602 g/mol. The van der Waals surface area contributed by atoms with Crippen molar-refractivity contribution in [3.05, 3.63) is 24.0 Å². The molecule has 2 N–H and O–H groups in total. The van der Waals surface area contributed by atoms with Crippen LogP contribution in [0.1, 0.15) is 58.8 Å². The maximum Gasteiger partial charge on any atom is 0.422 e. The normalized spacial score (nSPS) is 35.8. The second-order valence-electron chi connectivity index (χ2n) is 12.3. The van der Waals surface area contributed by atoms with E-state index in [1.54, 1.807) is 19.9 Å². The number of amides is 2. The number of nitrogens with one attached hydrogen (secondary N) is 2. The molecule has 2 amide bonds. The van der Waals surface area contributed by atoms with Crippen molar-refractivity contribution in [2.24, 2.45) is 16.9 Å². The van der Waals surface area contributed by atoms with Crippen molar-refractivity contribution in [3.63, 3.8) is 0 Å². The molecule has 5 aliphatic rings. The van der Waals surface area contributed by atoms with E-state index in [9.17, 15) is 31.2 Å². The van der Waals surface area contributed by atoms with Gasteiger partial charge in [-0.05, 0) is 45.3 Å². The van der Waals surface area contributed by atoms with Crippen molar-refractivity contribution in [2.45, 2.75) is 87.8 Å². The van der Waals surface area contributed by atoms with E-state index in [1.165, 1.54) is 12.2 Å². The van der Waals surface area contributed by atoms with Gasteiger partial charge in [-0.25, -0.2) is 8.42 Å². The topological polar surface area (TPSA) is 126 Å². The van der Waals surface area contributed by atoms with Gasteiger partial charge in [0.25, 0.3) is 0 Å². The molecule has 41 heavy (non-hydrogen) atoms. The van der Waals surface area contributed by atoms with E-state index in [2.05, 4.69) is 10.6 Å². The molecule has 3 aliphatic heterocycles. The maximum atomic E-state index is 14.0. The Morgan fingerprint density at radius 1 is 1.27 bits per heavy atom. The van der Waals surface area contributed by atoms with E-state index in [0.29, 0.717) is 18.6 Å². The van der Waals surface area contributed by atoms with Crippen molar-refractivity contribution in [3.8, 4) is 0 Å². The largest absolute Gasteiger partial charge is 0.484 e. The van der Waals surface area contributed by atoms with Crippen molar-refractivity contribution < 1.29 is 40.7 Å². The highest BCUT2D eigenvalue weighted by Gasteiger charge is 2.62. The Morgan fingerprint density at radius 2 is 1.98 bits per heavy atom. The summed E-state index contributed by atoms with van der Waals surface area (Å²) in [7, 11) is -3.60. The molecule has 5 rings (SSSR count). The molecule has 4 unspecified atom stereocenters. The molecule has 14 heteroatoms. The number of alkyl halides is 3. The first-order valence-corrected chi connectivity index (χ1v) is 16.0. The first kappa shape index (κ1) is 29.9. The number of ether oxygens (including phenoxy) is 2. The third-order valence-corrected chi connectivity index (χ3v) is 9.69. The van der Waals surface area contributed by atoms with E-state index in [4.69, 9.17) is 14.6 Å². The Kier molecular flexibility index (Phi) is 7.49. The number of hydrogen-bond acceptors (Lipinski definition) is 8. The summed E-state index contributed by atoms with van der Waals surface area (Å²) < 4.78 is 73.0. The quantitative estimate of drug-likeness (QED) is 0.479. The predicted octanol–water partition coefficient (Wildman–Crippen LogP) is 2.57. The summed E-state index contributed by atoms with van der Waals surface area (Å²) in [6, 6.07) is -0.0278. The molecule has 10 nitrogen and oxygen atoms in total. The van der Waals surface area contributed by atoms with E-state index in [-0.39, 0.29) is 24.3 Å². The van der Waals surface area contributed by atoms with Crippen LogP contribution in [-0.4, -0.2) is 85.2 Å². The average molecular weight is 603 g/mol. The Balaban J connectivity index is 1.45. The number of nitrogens with zero attached hydrogens (tertiary/aromatic N) is 2. The molecule has 1 spiro atoms. The van der Waals surface area contributed by atoms with Crippen molar-refractivity contribution in [1.29, 1.82) is 0 Å². The lowest BCUT2D eigenvalue weighted by molar-refractivity contribution is -0.165. The molecule has 0 radical (unpaired) electrons. The van der Waals surface area contributed by atoms with E-state index < -0.39 is 62.9 Å². The molecule has 0 bridgehead atoms. The van der Waals surface area contributed by atoms with Crippen molar-refractivity contribution in [1.82, 2.24) is 15.6 Å². The average Bonchev–Trinajstić information content (AvgIpc) is 3.12. The summed E-state index contributed by atoms with van der Waals surface area (Å²) in [6.07, 6.45) is 6.72. The third kappa shape index (κ3) is 5.86. The lowest BCUT2D eigenvalue weighted by atomic mass is 9.63. The summed E-state index contributed by atoms with van der Waals surface area (Å²) in [5, 5.41) is 12.8. The van der Waals surface area contributed by atoms with Gasteiger partial charge in [0.15, 0.2) is 16.4 Å². The van der Waals surface area contributed by atoms with Crippen LogP contribution in [0, 0.1) is 11.8 Å². The van der Waals surface area contributed by atoms with Crippen LogP contribution in [0.4, 0.5) is 13.2 Å². The number of hydrazone groups is 1. The minimum absolute atomic E-state index is 0.0278. The van der Waals surface area contributed by atoms with Gasteiger partial charge >= 0.3 is 6.18 Å². The molecule has 1 saturated carbocycles. The molecule has 0 aromatic rings. The summed E-state index contributed by atoms with van der Waals surface area (Å²) in [6.45, 7) is 2.31. The van der Waals surface area contributed by atoms with Crippen LogP contribution in [0.2, 0.25) is 0 Å². The predicted molar refractivity (Wildman–Crippen MR) is 143 cm³/mol. The second kappa shape index (κ2) is 10.3. The van der Waals surface area contributed by atoms with E-state index >= 15 is 0 Å². The van der Waals surface area contributed by atoms with Crippen LogP contribution in [0.15, 0.2) is 29.1 Å². The van der Waals surface area contributed by atoms with Gasteiger partial charge in [0.1, 0.15) is 23.1 Å². The highest BCUT2D eigenvalue weighted by atomic mass is 32.2. The molecule has 3 heterocycles. The summed E-state index contributed by atoms with van der Waals surface area (Å²) in [4.78, 5) is 26.9. The second-order valence-corrected chi connectivity index (χ2v) is 14.5. The smallest absolute Gasteiger partial charge is 0.422 e. The fourth-order valence-electron chi connectivity index (χ4n) is 7.33. The van der Waals surface area contributed by atoms with Crippen LogP contribution >= 0.6 is 0 Å². The van der Waals surface area contributed by atoms with E-state index in [0.717, 1.165) is 38.4 Å². The number of halogens is 3. The maximum absolute atomic E-state index is 14.0. The number of fused-ring (bicyclic) bond motifs is 3. The van der Waals surface area contributed by atoms with E-state index in [1.807, 2.05) is 5.01 Å². The van der Waals surface area contributed by atoms with Gasteiger partial charge in [-0.2, -0.15) is 18.3 Å². The standard InChI is InChI=1S/C27H37F3N4O6S/c1-24-13-18(39-16-27(28,29)30)9-10-20(24)26(11-12-40-24)14-19-22(23(36)32-26)25(2,31-21(35)15-41(3,37)38)34(33-19)17-7-5-4-6-8-17/h9-10,13,17,20,22H,4-8,11-12,14-16H2,1-3H3,(H,31,35)(H,32,36)/t20?,22?,24?,25?,26-/m0/s1. The minimum Gasteiger partial charge on any atom is -0.484 e. The van der Waals surface area contributed by atoms with Gasteiger partial charge in [-0.15, -0.1) is 0 Å². The molecular formula is C27H37F3N4O6S. The highest BCUT2D eigenvalue weighted by molar-refractivity contribution is 7.91. The first-order valence-electron chi connectivity index (χ1n) is 14.0. The molecule has 3 fully saturated rings. The zero-order valence-corrected chi connectivity index (χ0v) is 24.2. The molecule has 5 atom stereocenters. The Morgan fingerprint density at radius 3 is 2.63 bits per heavy atom. The van der Waals surface area contributed by atoms with Crippen LogP contribution in [0.3, 0.4) is 0 Å². The van der Waals surface area contributed by atoms with Crippen LogP contribution in [0.25, 0.3) is 0 Å². The fraction of sp³-hybridized carbons (Fsp3) is 0.741. The van der Waals surface area contributed by atoms with Gasteiger partial charge in [0.2, 0.25) is 11.8 Å². The minimum atomic E-state index is -4.48. The lowest BCUT2D eigenvalue weighted by Crippen LogP contribution is -2.72. The lowest BCUT2D eigenvalue weighted by Gasteiger charge is -2.55. The number of allylic oxidation sites excluding steroid dienone is 1. The van der Waals surface area contributed by atoms with Crippen molar-refractivity contribution >= 4 is 27.4 Å². The van der Waals surface area contributed by atoms with Gasteiger partial charge in [0.05, 0.1) is 23.5 Å². The van der Waals surface area contributed by atoms with Gasteiger partial charge < -0.3 is 20.1 Å². The Hall–Kier alpha value is -2.61. The van der Waals surface area contributed by atoms with Crippen LogP contribution in [0.5, 0.6) is 0 Å². The van der Waals surface area contributed by atoms with Gasteiger partial charge in [-0.1, -0.05) is 25.3 Å². The van der Waals surface area contributed by atoms with Crippen LogP contribution in [-0.2, 0) is 28.9 Å². The summed E-state index contributed by atoms with van der Waals surface area (Å²) >= 11 is 0. The highest BCUT2D eigenvalue weighted by Crippen LogP contribution is 2.50. The number of hydrogen-bond donors (Lipinski definition) is 2. The fourth-order valence-corrected chi connectivity index (χ4v) is 7.88. The number of piperidine rings is 1. The number of carbonyl (C=O) groups excluding carboxylic acids is 2. The molecular weight excluding hydrogens is 565 g/mol. The molecule has 2 saturated heterocycles.